The highest BCUT2D eigenvalue weighted by Gasteiger charge is 2.29. The number of H-pyrrole nitrogens is 1. The van der Waals surface area contributed by atoms with Gasteiger partial charge < -0.3 is 10.3 Å². The molecule has 1 fully saturated rings. The first-order valence-corrected chi connectivity index (χ1v) is 9.26. The number of pyridine rings is 1. The molecular weight excluding hydrogens is 345 g/mol. The minimum atomic E-state index is -0.314. The molecule has 27 heavy (non-hydrogen) atoms. The van der Waals surface area contributed by atoms with Gasteiger partial charge in [-0.15, -0.1) is 0 Å². The van der Waals surface area contributed by atoms with Crippen LogP contribution >= 0.6 is 0 Å². The van der Waals surface area contributed by atoms with E-state index in [1.807, 2.05) is 12.1 Å². The molecule has 1 amide bonds. The Kier molecular flexibility index (Phi) is 5.11. The summed E-state index contributed by atoms with van der Waals surface area (Å²) in [7, 11) is 0. The molecule has 0 unspecified atom stereocenters. The fraction of sp³-hybridized carbons (Fsp3) is 0.350. The van der Waals surface area contributed by atoms with E-state index in [9.17, 15) is 9.18 Å². The van der Waals surface area contributed by atoms with Gasteiger partial charge >= 0.3 is 0 Å². The molecule has 7 heteroatoms. The normalized spacial score (nSPS) is 15.9. The zero-order valence-corrected chi connectivity index (χ0v) is 15.0. The molecule has 0 saturated carbocycles. The predicted molar refractivity (Wildman–Crippen MR) is 101 cm³/mol. The summed E-state index contributed by atoms with van der Waals surface area (Å²) in [5.41, 5.74) is 2.31. The fourth-order valence-electron chi connectivity index (χ4n) is 3.62. The number of carbonyl (C=O) groups excluding carboxylic acids is 1. The molecule has 1 atom stereocenters. The molecule has 1 aliphatic rings. The van der Waals surface area contributed by atoms with Gasteiger partial charge in [0.05, 0.1) is 11.0 Å². The lowest BCUT2D eigenvalue weighted by Crippen LogP contribution is -2.40. The molecule has 6 nitrogen and oxygen atoms in total. The number of nitrogens with zero attached hydrogens (tertiary/aromatic N) is 3. The van der Waals surface area contributed by atoms with E-state index in [0.717, 1.165) is 42.8 Å². The second-order valence-corrected chi connectivity index (χ2v) is 6.82. The maximum Gasteiger partial charge on any atom is 0.242 e. The topological polar surface area (TPSA) is 73.9 Å². The number of aromatic amines is 1. The summed E-state index contributed by atoms with van der Waals surface area (Å²) < 4.78 is 13.3. The van der Waals surface area contributed by atoms with Gasteiger partial charge in [-0.3, -0.25) is 14.7 Å². The Balaban J connectivity index is 1.41. The molecule has 2 N–H and O–H groups in total. The molecule has 3 aromatic rings. The highest BCUT2D eigenvalue weighted by Crippen LogP contribution is 2.24. The van der Waals surface area contributed by atoms with Gasteiger partial charge in [0.1, 0.15) is 17.7 Å². The van der Waals surface area contributed by atoms with E-state index in [2.05, 4.69) is 25.2 Å². The quantitative estimate of drug-likeness (QED) is 0.702. The molecule has 4 rings (SSSR count). The molecule has 140 valence electrons. The number of halogens is 1. The number of likely N-dealkylation sites (tertiary alicyclic amines) is 1. The Hall–Kier alpha value is -2.80. The molecule has 0 spiro atoms. The highest BCUT2D eigenvalue weighted by molar-refractivity contribution is 5.83. The van der Waals surface area contributed by atoms with Crippen LogP contribution in [0.4, 0.5) is 4.39 Å². The standard InChI is InChI=1S/C20H22FN5O/c21-15-5-6-16-17(12-15)25-18(24-16)7-9-23-20(27)19(26-10-1-2-11-26)14-4-3-8-22-13-14/h3-6,8,12-13,19H,1-2,7,9-11H2,(H,23,27)(H,24,25)/t19-/m1/s1. The van der Waals surface area contributed by atoms with Crippen LogP contribution in [0.15, 0.2) is 42.7 Å². The van der Waals surface area contributed by atoms with Crippen molar-refractivity contribution >= 4 is 16.9 Å². The largest absolute Gasteiger partial charge is 0.354 e. The Morgan fingerprint density at radius 2 is 2.15 bits per heavy atom. The predicted octanol–water partition coefficient (Wildman–Crippen LogP) is 2.59. The average molecular weight is 367 g/mol. The molecular formula is C20H22FN5O. The minimum Gasteiger partial charge on any atom is -0.354 e. The highest BCUT2D eigenvalue weighted by atomic mass is 19.1. The van der Waals surface area contributed by atoms with Gasteiger partial charge in [0.2, 0.25) is 5.91 Å². The smallest absolute Gasteiger partial charge is 0.242 e. The average Bonchev–Trinajstić information content (AvgIpc) is 3.32. The second kappa shape index (κ2) is 7.84. The fourth-order valence-corrected chi connectivity index (χ4v) is 3.62. The molecule has 1 aliphatic heterocycles. The summed E-state index contributed by atoms with van der Waals surface area (Å²) in [6.45, 7) is 2.30. The number of aromatic nitrogens is 3. The van der Waals surface area contributed by atoms with Crippen LogP contribution in [0.1, 0.15) is 30.3 Å². The number of rotatable bonds is 6. The van der Waals surface area contributed by atoms with Crippen molar-refractivity contribution in [3.8, 4) is 0 Å². The van der Waals surface area contributed by atoms with E-state index in [1.54, 1.807) is 18.5 Å². The van der Waals surface area contributed by atoms with E-state index in [4.69, 9.17) is 0 Å². The summed E-state index contributed by atoms with van der Waals surface area (Å²) in [6, 6.07) is 7.96. The zero-order chi connectivity index (χ0) is 18.6. The van der Waals surface area contributed by atoms with Crippen LogP contribution in [0.5, 0.6) is 0 Å². The van der Waals surface area contributed by atoms with E-state index < -0.39 is 0 Å². The van der Waals surface area contributed by atoms with Gasteiger partial charge in [-0.1, -0.05) is 6.07 Å². The van der Waals surface area contributed by atoms with Gasteiger partial charge in [0, 0.05) is 25.4 Å². The Morgan fingerprint density at radius 3 is 2.93 bits per heavy atom. The number of amides is 1. The van der Waals surface area contributed by atoms with Crippen molar-refractivity contribution < 1.29 is 9.18 Å². The van der Waals surface area contributed by atoms with Crippen LogP contribution in [-0.4, -0.2) is 45.4 Å². The molecule has 0 aliphatic carbocycles. The lowest BCUT2D eigenvalue weighted by Gasteiger charge is -2.26. The number of hydrogen-bond acceptors (Lipinski definition) is 4. The third kappa shape index (κ3) is 3.98. The third-order valence-corrected chi connectivity index (χ3v) is 4.91. The zero-order valence-electron chi connectivity index (χ0n) is 15.0. The van der Waals surface area contributed by atoms with Crippen molar-refractivity contribution in [1.82, 2.24) is 25.2 Å². The molecule has 0 radical (unpaired) electrons. The summed E-state index contributed by atoms with van der Waals surface area (Å²) in [4.78, 5) is 26.8. The van der Waals surface area contributed by atoms with Gasteiger partial charge in [-0.05, 0) is 55.8 Å². The van der Waals surface area contributed by atoms with Crippen molar-refractivity contribution in [1.29, 1.82) is 0 Å². The number of benzene rings is 1. The van der Waals surface area contributed by atoms with Crippen molar-refractivity contribution in [3.05, 3.63) is 59.9 Å². The van der Waals surface area contributed by atoms with E-state index in [1.165, 1.54) is 12.1 Å². The van der Waals surface area contributed by atoms with Gasteiger partial charge in [-0.25, -0.2) is 9.37 Å². The van der Waals surface area contributed by atoms with Crippen molar-refractivity contribution in [2.24, 2.45) is 0 Å². The maximum atomic E-state index is 13.3. The van der Waals surface area contributed by atoms with Crippen LogP contribution in [-0.2, 0) is 11.2 Å². The van der Waals surface area contributed by atoms with Gasteiger partial charge in [0.15, 0.2) is 0 Å². The van der Waals surface area contributed by atoms with Crippen LogP contribution < -0.4 is 5.32 Å². The number of fused-ring (bicyclic) bond motifs is 1. The van der Waals surface area contributed by atoms with Gasteiger partial charge in [-0.2, -0.15) is 0 Å². The molecule has 0 bridgehead atoms. The summed E-state index contributed by atoms with van der Waals surface area (Å²) >= 11 is 0. The van der Waals surface area contributed by atoms with Crippen LogP contribution in [0.2, 0.25) is 0 Å². The lowest BCUT2D eigenvalue weighted by atomic mass is 10.1. The lowest BCUT2D eigenvalue weighted by molar-refractivity contribution is -0.126. The van der Waals surface area contributed by atoms with E-state index in [-0.39, 0.29) is 17.8 Å². The first-order chi connectivity index (χ1) is 13.2. The molecule has 3 heterocycles. The van der Waals surface area contributed by atoms with Crippen molar-refractivity contribution in [2.75, 3.05) is 19.6 Å². The number of imidazole rings is 1. The van der Waals surface area contributed by atoms with Crippen molar-refractivity contribution in [3.63, 3.8) is 0 Å². The summed E-state index contributed by atoms with van der Waals surface area (Å²) in [5, 5.41) is 3.02. The van der Waals surface area contributed by atoms with Gasteiger partial charge in [0.25, 0.3) is 0 Å². The minimum absolute atomic E-state index is 0.0212. The Labute approximate surface area is 156 Å². The van der Waals surface area contributed by atoms with Crippen molar-refractivity contribution in [2.45, 2.75) is 25.3 Å². The molecule has 2 aromatic heterocycles. The SMILES string of the molecule is O=C(NCCc1nc2ccc(F)cc2[nH]1)[C@@H](c1cccnc1)N1CCCC1. The van der Waals surface area contributed by atoms with E-state index in [0.29, 0.717) is 18.5 Å². The number of nitrogens with one attached hydrogen (secondary N) is 2. The monoisotopic (exact) mass is 367 g/mol. The summed E-state index contributed by atoms with van der Waals surface area (Å²) in [5.74, 6) is 0.415. The number of carbonyl (C=O) groups is 1. The second-order valence-electron chi connectivity index (χ2n) is 6.82. The van der Waals surface area contributed by atoms with E-state index >= 15 is 0 Å². The first kappa shape index (κ1) is 17.6. The van der Waals surface area contributed by atoms with Crippen LogP contribution in [0.25, 0.3) is 11.0 Å². The number of hydrogen-bond donors (Lipinski definition) is 2. The molecule has 1 saturated heterocycles. The molecule has 1 aromatic carbocycles. The van der Waals surface area contributed by atoms with Crippen LogP contribution in [0.3, 0.4) is 0 Å². The maximum absolute atomic E-state index is 13.3. The third-order valence-electron chi connectivity index (χ3n) is 4.91. The first-order valence-electron chi connectivity index (χ1n) is 9.26. The van der Waals surface area contributed by atoms with Crippen LogP contribution in [0, 0.1) is 5.82 Å². The Morgan fingerprint density at radius 1 is 1.30 bits per heavy atom. The summed E-state index contributed by atoms with van der Waals surface area (Å²) in [6.07, 6.45) is 6.25. The Bertz CT molecular complexity index is 921.